The van der Waals surface area contributed by atoms with E-state index in [-0.39, 0.29) is 40.3 Å². The number of rotatable bonds is 7. The van der Waals surface area contributed by atoms with Crippen LogP contribution in [-0.2, 0) is 84.6 Å². The van der Waals surface area contributed by atoms with Crippen molar-refractivity contribution in [2.24, 2.45) is 0 Å². The lowest BCUT2D eigenvalue weighted by molar-refractivity contribution is -0.163. The molecule has 25 rings (SSSR count). The maximum absolute atomic E-state index is 14.8. The number of nitrogens with one attached hydrogen (secondary N) is 2. The first kappa shape index (κ1) is 80.9. The molecular weight excluding hydrogens is 1720 g/mol. The number of likely N-dealkylation sites (N-methyl/N-ethyl adjacent to an activating group) is 3. The number of aromatic nitrogens is 2. The monoisotopic (exact) mass is 1790 g/mol. The van der Waals surface area contributed by atoms with Gasteiger partial charge in [0.1, 0.15) is 37.6 Å². The van der Waals surface area contributed by atoms with Crippen molar-refractivity contribution in [3.8, 4) is 0 Å². The van der Waals surface area contributed by atoms with Crippen molar-refractivity contribution in [3.63, 3.8) is 0 Å². The normalized spacial score (nSPS) is 28.7. The number of aromatic amines is 2. The molecule has 2 aromatic heterocycles. The lowest BCUT2D eigenvalue weighted by Crippen LogP contribution is -2.72. The number of H-pyrrole nitrogens is 2. The third kappa shape index (κ3) is 11.0. The zero-order valence-electron chi connectivity index (χ0n) is 66.1. The molecule has 2 spiro atoms. The highest BCUT2D eigenvalue weighted by Gasteiger charge is 2.80. The second-order valence-electron chi connectivity index (χ2n) is 32.2. The molecular formula is C90H75N11O12S9. The molecule has 4 bridgehead atoms. The number of anilines is 5. The quantitative estimate of drug-likeness (QED) is 0.140. The van der Waals surface area contributed by atoms with E-state index >= 15 is 0 Å². The number of thioether (sulfide) groups is 4. The lowest BCUT2D eigenvalue weighted by atomic mass is 9.70. The Labute approximate surface area is 737 Å². The molecule has 9 aromatic carbocycles. The SMILES string of the molecule is CC1C(=O)N2C(CC3(C4=CCc5ccccc54)c4ccccc4N(S(=O)(=O)c4ccccc4)C23)C(=O)N1C.CN1C(=O)C23CC4(c5c[nH]c6ccccc56)c5ccccc5N(c5ccccc5)C4N2C(=O)C1(C)SC(=S)S3.CN1C(=O)[C@@]23CC4(c5c[nH]c6ccccc56)c5ccccc5N(c5ccccc5)C4N2C(=O)C1(C)SC(=S)S3.O=S=O.O=S=O. The maximum atomic E-state index is 14.8. The van der Waals surface area contributed by atoms with Crippen molar-refractivity contribution < 1.29 is 54.0 Å². The van der Waals surface area contributed by atoms with Crippen LogP contribution >= 0.6 is 71.5 Å². The number of piperazine rings is 3. The number of benzene rings is 9. The summed E-state index contributed by atoms with van der Waals surface area (Å²) >= 11 is 15.6. The Bertz CT molecular complexity index is 6310. The molecule has 0 saturated carbocycles. The minimum Gasteiger partial charge on any atom is -0.361 e. The Morgan fingerprint density at radius 3 is 1.33 bits per heavy atom. The van der Waals surface area contributed by atoms with Gasteiger partial charge in [-0.15, -0.1) is 0 Å². The number of amides is 6. The van der Waals surface area contributed by atoms with Crippen molar-refractivity contribution in [1.82, 2.24) is 39.4 Å². The Hall–Kier alpha value is -10.8. The molecule has 616 valence electrons. The van der Waals surface area contributed by atoms with Gasteiger partial charge < -0.3 is 39.4 Å². The summed E-state index contributed by atoms with van der Waals surface area (Å²) in [5.74, 6) is -0.698. The molecule has 14 aliphatic rings. The van der Waals surface area contributed by atoms with E-state index in [2.05, 4.69) is 135 Å². The molecule has 15 heterocycles. The Morgan fingerprint density at radius 2 is 0.852 bits per heavy atom. The number of allylic oxidation sites excluding steroid dienone is 1. The van der Waals surface area contributed by atoms with Crippen molar-refractivity contribution in [2.75, 3.05) is 35.2 Å². The molecule has 1 aliphatic carbocycles. The van der Waals surface area contributed by atoms with E-state index in [1.54, 1.807) is 73.1 Å². The summed E-state index contributed by atoms with van der Waals surface area (Å²) in [4.78, 5) is 103. The predicted molar refractivity (Wildman–Crippen MR) is 484 cm³/mol. The standard InChI is InChI=1S/2C30H24N4O2S3.C30H27N3O4S.2O2S/c2*1-28-25(35)34-24-29(21-16-31-22-14-8-6-12-19(21)22,17-30(34,26(36)32(28)2)39-27(37)38-28)20-13-7-9-15-23(20)33(24)18-10-4-3-5-11-18;1-19-27(34)32-26(28(35)31(19)2)18-30(23-17-16-20-10-6-7-13-22(20)23)24-14-8-9-15-25(24)33(29(30)32)38(36,37)21-11-4-3-5-12-21;2*1-3-2/h2*3-16,24,31H,17H2,1-2H3;3-15,17,19,26,29H,16,18H2,1-2H3;;/t24?,28?,29?,30-;;;;/m0..../s1. The number of nitrogens with zero attached hydrogens (tertiary/aromatic N) is 9. The lowest BCUT2D eigenvalue weighted by Gasteiger charge is -2.51. The van der Waals surface area contributed by atoms with Crippen LogP contribution in [0.4, 0.5) is 28.4 Å². The maximum Gasteiger partial charge on any atom is 0.335 e. The number of carbonyl (C=O) groups excluding carboxylic acids is 6. The molecule has 10 saturated heterocycles. The fraction of sp³-hybridized carbons (Fsp3) is 0.244. The highest BCUT2D eigenvalue weighted by atomic mass is 32.2. The first-order chi connectivity index (χ1) is 58.8. The van der Waals surface area contributed by atoms with Crippen LogP contribution in [0.15, 0.2) is 260 Å². The van der Waals surface area contributed by atoms with Crippen LogP contribution in [0.3, 0.4) is 0 Å². The molecule has 2 N–H and O–H groups in total. The van der Waals surface area contributed by atoms with Gasteiger partial charge in [-0.3, -0.25) is 38.6 Å². The third-order valence-electron chi connectivity index (χ3n) is 26.9. The average Bonchev–Trinajstić information content (AvgIpc) is 1.02. The summed E-state index contributed by atoms with van der Waals surface area (Å²) < 4.78 is 64.7. The minimum absolute atomic E-state index is 0.0685. The topological polar surface area (TPSA) is 266 Å². The second kappa shape index (κ2) is 29.5. The first-order valence-corrected chi connectivity index (χ1v) is 46.1. The minimum atomic E-state index is -4.09. The van der Waals surface area contributed by atoms with Crippen LogP contribution in [0.2, 0.25) is 0 Å². The van der Waals surface area contributed by atoms with Crippen molar-refractivity contribution in [2.45, 2.75) is 118 Å². The van der Waals surface area contributed by atoms with Crippen LogP contribution in [-0.4, -0.2) is 178 Å². The van der Waals surface area contributed by atoms with E-state index in [0.29, 0.717) is 32.0 Å². The summed E-state index contributed by atoms with van der Waals surface area (Å²) in [5.41, 5.74) is 12.8. The number of carbonyl (C=O) groups is 6. The number of fused-ring (bicyclic) bond motifs is 20. The molecule has 23 nitrogen and oxygen atoms in total. The fourth-order valence-corrected chi connectivity index (χ4v) is 30.8. The molecule has 122 heavy (non-hydrogen) atoms. The van der Waals surface area contributed by atoms with Gasteiger partial charge in [-0.1, -0.05) is 247 Å². The molecule has 12 atom stereocenters. The van der Waals surface area contributed by atoms with Gasteiger partial charge in [0.2, 0.25) is 11.8 Å². The first-order valence-electron chi connectivity index (χ1n) is 39.3. The van der Waals surface area contributed by atoms with Crippen LogP contribution < -0.4 is 14.1 Å². The zero-order chi connectivity index (χ0) is 85.3. The molecule has 11 unspecified atom stereocenters. The smallest absolute Gasteiger partial charge is 0.335 e. The number of thiocarbonyl (C=S) groups is 2. The van der Waals surface area contributed by atoms with E-state index in [0.717, 1.165) is 95.5 Å². The molecule has 10 fully saturated rings. The van der Waals surface area contributed by atoms with Gasteiger partial charge in [0.15, 0.2) is 19.5 Å². The van der Waals surface area contributed by atoms with Gasteiger partial charge in [0.05, 0.1) is 26.8 Å². The van der Waals surface area contributed by atoms with Gasteiger partial charge in [-0.25, -0.2) is 12.7 Å². The Morgan fingerprint density at radius 1 is 0.451 bits per heavy atom. The zero-order valence-corrected chi connectivity index (χ0v) is 73.4. The highest BCUT2D eigenvalue weighted by Crippen LogP contribution is 2.72. The second-order valence-corrected chi connectivity index (χ2v) is 42.0. The van der Waals surface area contributed by atoms with Crippen LogP contribution in [0.25, 0.3) is 27.4 Å². The van der Waals surface area contributed by atoms with Crippen molar-refractivity contribution in [3.05, 3.63) is 294 Å². The summed E-state index contributed by atoms with van der Waals surface area (Å²) in [5, 5.41) is 2.19. The predicted octanol–water partition coefficient (Wildman–Crippen LogP) is 13.8. The molecule has 6 amide bonds. The van der Waals surface area contributed by atoms with Gasteiger partial charge in [0.25, 0.3) is 33.7 Å². The fourth-order valence-electron chi connectivity index (χ4n) is 21.5. The van der Waals surface area contributed by atoms with E-state index in [1.807, 2.05) is 133 Å². The number of hydrogen-bond acceptors (Lipinski definition) is 20. The largest absolute Gasteiger partial charge is 0.361 e. The summed E-state index contributed by atoms with van der Waals surface area (Å²) in [6.07, 6.45) is 6.37. The molecule has 0 radical (unpaired) electrons. The molecule has 13 aliphatic heterocycles. The van der Waals surface area contributed by atoms with Gasteiger partial charge in [-0.05, 0) is 145 Å². The highest BCUT2D eigenvalue weighted by molar-refractivity contribution is 8.49. The summed E-state index contributed by atoms with van der Waals surface area (Å²) in [7, 11) is 1.06. The van der Waals surface area contributed by atoms with Crippen molar-refractivity contribution >= 4 is 203 Å². The van der Waals surface area contributed by atoms with Crippen LogP contribution in [0.1, 0.15) is 79.0 Å². The van der Waals surface area contributed by atoms with Crippen LogP contribution in [0, 0.1) is 0 Å². The Kier molecular flexibility index (Phi) is 19.5. The third-order valence-corrected chi connectivity index (χ3v) is 34.7. The van der Waals surface area contributed by atoms with E-state index in [1.165, 1.54) is 56.3 Å². The number of para-hydroxylation sites is 7. The summed E-state index contributed by atoms with van der Waals surface area (Å²) in [6, 6.07) is 76.3. The number of sulfonamides is 1. The van der Waals surface area contributed by atoms with Gasteiger partial charge in [0, 0.05) is 90.9 Å². The van der Waals surface area contributed by atoms with Gasteiger partial charge >= 0.3 is 23.1 Å². The molecule has 11 aromatic rings. The van der Waals surface area contributed by atoms with Crippen molar-refractivity contribution in [1.29, 1.82) is 0 Å². The van der Waals surface area contributed by atoms with Crippen LogP contribution in [0.5, 0.6) is 0 Å². The summed E-state index contributed by atoms with van der Waals surface area (Å²) in [6.45, 7) is 5.38. The van der Waals surface area contributed by atoms with E-state index in [4.69, 9.17) is 41.3 Å². The van der Waals surface area contributed by atoms with E-state index < -0.39 is 99.5 Å². The number of hydrogen-bond donors (Lipinski definition) is 2. The van der Waals surface area contributed by atoms with E-state index in [9.17, 15) is 37.2 Å². The van der Waals surface area contributed by atoms with Gasteiger partial charge in [-0.2, -0.15) is 16.8 Å². The molecule has 32 heteroatoms. The Balaban J connectivity index is 0.000000117. The average molecular weight is 1790 g/mol.